The average molecular weight is 336 g/mol. The van der Waals surface area contributed by atoms with Gasteiger partial charge in [0.1, 0.15) is 5.82 Å². The summed E-state index contributed by atoms with van der Waals surface area (Å²) in [6.07, 6.45) is 5.23. The van der Waals surface area contributed by atoms with Crippen molar-refractivity contribution in [2.24, 2.45) is 0 Å². The number of aliphatic hydroxyl groups excluding tert-OH is 1. The third kappa shape index (κ3) is 3.04. The van der Waals surface area contributed by atoms with Gasteiger partial charge in [0.15, 0.2) is 5.82 Å². The molecule has 1 fully saturated rings. The molecule has 0 radical (unpaired) electrons. The second kappa shape index (κ2) is 6.56. The number of nitrogens with zero attached hydrogens (tertiary/aromatic N) is 4. The van der Waals surface area contributed by atoms with E-state index in [-0.39, 0.29) is 12.0 Å². The molecule has 25 heavy (non-hydrogen) atoms. The highest BCUT2D eigenvalue weighted by Crippen LogP contribution is 2.34. The molecule has 0 saturated heterocycles. The molecule has 2 heterocycles. The van der Waals surface area contributed by atoms with Crippen LogP contribution in [0.1, 0.15) is 63.0 Å². The summed E-state index contributed by atoms with van der Waals surface area (Å²) in [5.41, 5.74) is 1.93. The number of benzene rings is 1. The minimum absolute atomic E-state index is 0.170. The number of aromatic nitrogens is 4. The Hall–Kier alpha value is -2.27. The molecule has 0 unspecified atom stereocenters. The van der Waals surface area contributed by atoms with Gasteiger partial charge in [-0.3, -0.25) is 4.98 Å². The summed E-state index contributed by atoms with van der Waals surface area (Å²) in [4.78, 5) is 9.47. The van der Waals surface area contributed by atoms with Gasteiger partial charge in [-0.1, -0.05) is 32.0 Å². The monoisotopic (exact) mass is 336 g/mol. The molecule has 2 aromatic heterocycles. The Morgan fingerprint density at radius 1 is 1.08 bits per heavy atom. The predicted octanol–water partition coefficient (Wildman–Crippen LogP) is 3.96. The van der Waals surface area contributed by atoms with Crippen molar-refractivity contribution < 1.29 is 5.11 Å². The molecule has 130 valence electrons. The lowest BCUT2D eigenvalue weighted by Crippen LogP contribution is -2.19. The largest absolute Gasteiger partial charge is 0.393 e. The summed E-state index contributed by atoms with van der Waals surface area (Å²) in [7, 11) is 0. The SMILES string of the molecule is CC(C)c1nc(C2CCC(O)CC2)n(-c2cccc3cccnc23)n1. The third-order valence-electron chi connectivity index (χ3n) is 5.07. The van der Waals surface area contributed by atoms with Gasteiger partial charge in [-0.15, -0.1) is 0 Å². The van der Waals surface area contributed by atoms with Gasteiger partial charge in [0, 0.05) is 23.4 Å². The van der Waals surface area contributed by atoms with Crippen molar-refractivity contribution in [2.45, 2.75) is 57.5 Å². The lowest BCUT2D eigenvalue weighted by molar-refractivity contribution is 0.121. The molecule has 0 spiro atoms. The Labute approximate surface area is 147 Å². The van der Waals surface area contributed by atoms with E-state index in [4.69, 9.17) is 10.1 Å². The van der Waals surface area contributed by atoms with Gasteiger partial charge < -0.3 is 5.11 Å². The molecule has 1 aliphatic carbocycles. The Morgan fingerprint density at radius 2 is 1.84 bits per heavy atom. The van der Waals surface area contributed by atoms with Crippen molar-refractivity contribution in [1.29, 1.82) is 0 Å². The molecule has 0 bridgehead atoms. The smallest absolute Gasteiger partial charge is 0.153 e. The summed E-state index contributed by atoms with van der Waals surface area (Å²) in [6.45, 7) is 4.24. The number of fused-ring (bicyclic) bond motifs is 1. The van der Waals surface area contributed by atoms with Crippen LogP contribution < -0.4 is 0 Å². The lowest BCUT2D eigenvalue weighted by atomic mass is 9.87. The van der Waals surface area contributed by atoms with E-state index in [1.54, 1.807) is 0 Å². The Bertz CT molecular complexity index is 873. The predicted molar refractivity (Wildman–Crippen MR) is 98.0 cm³/mol. The number of aliphatic hydroxyl groups is 1. The van der Waals surface area contributed by atoms with Crippen LogP contribution in [-0.2, 0) is 0 Å². The van der Waals surface area contributed by atoms with Crippen molar-refractivity contribution in [1.82, 2.24) is 19.7 Å². The minimum Gasteiger partial charge on any atom is -0.393 e. The van der Waals surface area contributed by atoms with Crippen LogP contribution >= 0.6 is 0 Å². The van der Waals surface area contributed by atoms with Gasteiger partial charge >= 0.3 is 0 Å². The van der Waals surface area contributed by atoms with Gasteiger partial charge in [0.05, 0.1) is 17.3 Å². The fourth-order valence-corrected chi connectivity index (χ4v) is 3.62. The van der Waals surface area contributed by atoms with Gasteiger partial charge in [-0.05, 0) is 37.8 Å². The van der Waals surface area contributed by atoms with Crippen LogP contribution in [0.2, 0.25) is 0 Å². The molecule has 1 aliphatic rings. The van der Waals surface area contributed by atoms with E-state index in [0.717, 1.165) is 53.9 Å². The van der Waals surface area contributed by atoms with Gasteiger partial charge in [-0.2, -0.15) is 5.10 Å². The minimum atomic E-state index is -0.170. The first-order valence-electron chi connectivity index (χ1n) is 9.12. The number of rotatable bonds is 3. The third-order valence-corrected chi connectivity index (χ3v) is 5.07. The topological polar surface area (TPSA) is 63.8 Å². The molecular formula is C20H24N4O. The van der Waals surface area contributed by atoms with E-state index < -0.39 is 0 Å². The Kier molecular flexibility index (Phi) is 4.25. The van der Waals surface area contributed by atoms with Crippen LogP contribution in [0, 0.1) is 0 Å². The molecule has 4 rings (SSSR count). The maximum Gasteiger partial charge on any atom is 0.153 e. The highest BCUT2D eigenvalue weighted by atomic mass is 16.3. The van der Waals surface area contributed by atoms with Gasteiger partial charge in [-0.25, -0.2) is 9.67 Å². The summed E-state index contributed by atoms with van der Waals surface area (Å²) in [6, 6.07) is 10.2. The molecule has 5 heteroatoms. The standard InChI is InChI=1S/C20H24N4O/c1-13(2)19-22-20(15-8-10-16(25)11-9-15)24(23-19)17-7-3-5-14-6-4-12-21-18(14)17/h3-7,12-13,15-16,25H,8-11H2,1-2H3. The van der Waals surface area contributed by atoms with E-state index in [9.17, 15) is 5.11 Å². The van der Waals surface area contributed by atoms with Crippen LogP contribution in [-0.4, -0.2) is 31.0 Å². The molecule has 0 amide bonds. The summed E-state index contributed by atoms with van der Waals surface area (Å²) < 4.78 is 1.99. The van der Waals surface area contributed by atoms with Crippen molar-refractivity contribution in [2.75, 3.05) is 0 Å². The first-order valence-corrected chi connectivity index (χ1v) is 9.12. The first kappa shape index (κ1) is 16.2. The van der Waals surface area contributed by atoms with Crippen LogP contribution in [0.25, 0.3) is 16.6 Å². The maximum atomic E-state index is 9.84. The first-order chi connectivity index (χ1) is 12.1. The molecular weight excluding hydrogens is 312 g/mol. The Morgan fingerprint density at radius 3 is 2.60 bits per heavy atom. The number of hydrogen-bond donors (Lipinski definition) is 1. The second-order valence-corrected chi connectivity index (χ2v) is 7.25. The van der Waals surface area contributed by atoms with Crippen molar-refractivity contribution in [3.05, 3.63) is 48.2 Å². The molecule has 1 saturated carbocycles. The van der Waals surface area contributed by atoms with Crippen molar-refractivity contribution in [3.63, 3.8) is 0 Å². The molecule has 0 atom stereocenters. The number of hydrogen-bond acceptors (Lipinski definition) is 4. The zero-order valence-corrected chi connectivity index (χ0v) is 14.8. The van der Waals surface area contributed by atoms with Crippen LogP contribution in [0.15, 0.2) is 36.5 Å². The van der Waals surface area contributed by atoms with Crippen LogP contribution in [0.3, 0.4) is 0 Å². The normalized spacial score (nSPS) is 21.1. The van der Waals surface area contributed by atoms with E-state index >= 15 is 0 Å². The highest BCUT2D eigenvalue weighted by Gasteiger charge is 2.27. The highest BCUT2D eigenvalue weighted by molar-refractivity contribution is 5.86. The van der Waals surface area contributed by atoms with E-state index in [2.05, 4.69) is 37.0 Å². The van der Waals surface area contributed by atoms with Crippen molar-refractivity contribution in [3.8, 4) is 5.69 Å². The van der Waals surface area contributed by atoms with E-state index in [1.165, 1.54) is 0 Å². The fourth-order valence-electron chi connectivity index (χ4n) is 3.62. The lowest BCUT2D eigenvalue weighted by Gasteiger charge is -2.25. The Balaban J connectivity index is 1.85. The fraction of sp³-hybridized carbons (Fsp3) is 0.450. The summed E-state index contributed by atoms with van der Waals surface area (Å²) in [5.74, 6) is 2.49. The molecule has 3 aromatic rings. The van der Waals surface area contributed by atoms with E-state index in [1.807, 2.05) is 23.0 Å². The molecule has 5 nitrogen and oxygen atoms in total. The number of para-hydroxylation sites is 1. The number of pyridine rings is 1. The molecule has 0 aliphatic heterocycles. The average Bonchev–Trinajstić information content (AvgIpc) is 3.07. The van der Waals surface area contributed by atoms with Crippen LogP contribution in [0.4, 0.5) is 0 Å². The quantitative estimate of drug-likeness (QED) is 0.786. The molecule has 1 N–H and O–H groups in total. The van der Waals surface area contributed by atoms with E-state index in [0.29, 0.717) is 5.92 Å². The zero-order valence-electron chi connectivity index (χ0n) is 14.8. The van der Waals surface area contributed by atoms with Crippen LogP contribution in [0.5, 0.6) is 0 Å². The summed E-state index contributed by atoms with van der Waals surface area (Å²) >= 11 is 0. The zero-order chi connectivity index (χ0) is 17.4. The van der Waals surface area contributed by atoms with Gasteiger partial charge in [0.2, 0.25) is 0 Å². The second-order valence-electron chi connectivity index (χ2n) is 7.25. The van der Waals surface area contributed by atoms with Crippen molar-refractivity contribution >= 4 is 10.9 Å². The molecule has 1 aromatic carbocycles. The maximum absolute atomic E-state index is 9.84. The summed E-state index contributed by atoms with van der Waals surface area (Å²) in [5, 5.41) is 15.8. The van der Waals surface area contributed by atoms with Gasteiger partial charge in [0.25, 0.3) is 0 Å².